The molecule has 4 nitrogen and oxygen atoms in total. The molecule has 0 heterocycles. The van der Waals surface area contributed by atoms with Gasteiger partial charge in [-0.25, -0.2) is 0 Å². The summed E-state index contributed by atoms with van der Waals surface area (Å²) < 4.78 is 39.0. The third-order valence-corrected chi connectivity index (χ3v) is 3.68. The van der Waals surface area contributed by atoms with E-state index < -0.39 is 29.5 Å². The van der Waals surface area contributed by atoms with Crippen molar-refractivity contribution in [1.29, 1.82) is 0 Å². The van der Waals surface area contributed by atoms with Gasteiger partial charge in [-0.1, -0.05) is 0 Å². The molecule has 0 unspecified atom stereocenters. The number of aliphatic carboxylic acids is 1. The molecular weight excluding hydrogens is 271 g/mol. The number of carbonyl (C=O) groups is 1. The van der Waals surface area contributed by atoms with Crippen LogP contribution in [-0.4, -0.2) is 47.0 Å². The van der Waals surface area contributed by atoms with Crippen LogP contribution in [0.25, 0.3) is 0 Å². The highest BCUT2D eigenvalue weighted by Crippen LogP contribution is 2.28. The highest BCUT2D eigenvalue weighted by Gasteiger charge is 2.32. The third-order valence-electron chi connectivity index (χ3n) is 2.19. The van der Waals surface area contributed by atoms with Gasteiger partial charge in [-0.2, -0.15) is 24.9 Å². The SMILES string of the molecule is CC(C)(SCCCOCC(F)(F)F)[C@H](N)C(=O)O. The Hall–Kier alpha value is -0.470. The summed E-state index contributed by atoms with van der Waals surface area (Å²) in [6.45, 7) is 2.11. The standard InChI is InChI=1S/C10H18F3NO3S/c1-9(2,7(14)8(15)16)18-5-3-4-17-6-10(11,12)13/h7H,3-6,14H2,1-2H3,(H,15,16)/t7-/m1/s1. The molecule has 0 saturated heterocycles. The van der Waals surface area contributed by atoms with Gasteiger partial charge in [0.15, 0.2) is 0 Å². The van der Waals surface area contributed by atoms with Crippen molar-refractivity contribution in [1.82, 2.24) is 0 Å². The van der Waals surface area contributed by atoms with Gasteiger partial charge in [0.1, 0.15) is 12.6 Å². The largest absolute Gasteiger partial charge is 0.480 e. The Kier molecular flexibility index (Phi) is 7.01. The molecular formula is C10H18F3NO3S. The van der Waals surface area contributed by atoms with Crippen LogP contribution in [0.4, 0.5) is 13.2 Å². The first-order valence-corrected chi connectivity index (χ1v) is 6.31. The summed E-state index contributed by atoms with van der Waals surface area (Å²) in [5.74, 6) is -0.605. The van der Waals surface area contributed by atoms with Crippen LogP contribution in [0.2, 0.25) is 0 Å². The Bertz CT molecular complexity index is 272. The third kappa shape index (κ3) is 7.78. The van der Waals surface area contributed by atoms with Crippen molar-refractivity contribution >= 4 is 17.7 Å². The molecule has 0 bridgehead atoms. The Balaban J connectivity index is 3.75. The maximum absolute atomic E-state index is 11.7. The number of nitrogens with two attached hydrogens (primary N) is 1. The number of ether oxygens (including phenoxy) is 1. The Labute approximate surface area is 108 Å². The second kappa shape index (κ2) is 7.20. The Morgan fingerprint density at radius 3 is 2.44 bits per heavy atom. The van der Waals surface area contributed by atoms with Gasteiger partial charge in [-0.05, 0) is 26.0 Å². The van der Waals surface area contributed by atoms with Crippen LogP contribution in [0.5, 0.6) is 0 Å². The minimum atomic E-state index is -4.31. The molecule has 0 aromatic rings. The minimum Gasteiger partial charge on any atom is -0.480 e. The lowest BCUT2D eigenvalue weighted by molar-refractivity contribution is -0.173. The normalized spacial score (nSPS) is 14.6. The van der Waals surface area contributed by atoms with Crippen molar-refractivity contribution < 1.29 is 27.8 Å². The summed E-state index contributed by atoms with van der Waals surface area (Å²) in [7, 11) is 0. The quantitative estimate of drug-likeness (QED) is 0.667. The van der Waals surface area contributed by atoms with Gasteiger partial charge in [0.25, 0.3) is 0 Å². The van der Waals surface area contributed by atoms with E-state index in [1.165, 1.54) is 11.8 Å². The maximum Gasteiger partial charge on any atom is 0.411 e. The molecule has 0 rings (SSSR count). The molecule has 3 N–H and O–H groups in total. The fourth-order valence-corrected chi connectivity index (χ4v) is 2.14. The van der Waals surface area contributed by atoms with Gasteiger partial charge in [0.2, 0.25) is 0 Å². The molecule has 0 aliphatic rings. The van der Waals surface area contributed by atoms with Gasteiger partial charge in [0.05, 0.1) is 0 Å². The number of thioether (sulfide) groups is 1. The predicted octanol–water partition coefficient (Wildman–Crippen LogP) is 1.88. The molecule has 0 fully saturated rings. The summed E-state index contributed by atoms with van der Waals surface area (Å²) >= 11 is 1.31. The lowest BCUT2D eigenvalue weighted by Gasteiger charge is -2.27. The van der Waals surface area contributed by atoms with E-state index in [9.17, 15) is 18.0 Å². The average Bonchev–Trinajstić information content (AvgIpc) is 2.20. The first kappa shape index (κ1) is 17.5. The van der Waals surface area contributed by atoms with Crippen LogP contribution in [0.3, 0.4) is 0 Å². The first-order chi connectivity index (χ1) is 8.06. The predicted molar refractivity (Wildman–Crippen MR) is 63.6 cm³/mol. The number of alkyl halides is 3. The van der Waals surface area contributed by atoms with E-state index in [2.05, 4.69) is 4.74 Å². The van der Waals surface area contributed by atoms with Crippen molar-refractivity contribution in [3.8, 4) is 0 Å². The monoisotopic (exact) mass is 289 g/mol. The first-order valence-electron chi connectivity index (χ1n) is 5.33. The average molecular weight is 289 g/mol. The molecule has 0 spiro atoms. The van der Waals surface area contributed by atoms with Crippen LogP contribution in [0.1, 0.15) is 20.3 Å². The van der Waals surface area contributed by atoms with E-state index in [0.29, 0.717) is 12.2 Å². The van der Waals surface area contributed by atoms with E-state index in [1.54, 1.807) is 13.8 Å². The van der Waals surface area contributed by atoms with Gasteiger partial charge in [-0.3, -0.25) is 4.79 Å². The Morgan fingerprint density at radius 2 is 2.00 bits per heavy atom. The van der Waals surface area contributed by atoms with E-state index in [0.717, 1.165) is 0 Å². The molecule has 1 atom stereocenters. The zero-order valence-electron chi connectivity index (χ0n) is 10.3. The fraction of sp³-hybridized carbons (Fsp3) is 0.900. The number of carboxylic acids is 1. The van der Waals surface area contributed by atoms with Crippen LogP contribution in [0.15, 0.2) is 0 Å². The molecule has 0 aromatic heterocycles. The summed E-state index contributed by atoms with van der Waals surface area (Å²) in [5, 5.41) is 8.76. The van der Waals surface area contributed by atoms with Crippen LogP contribution in [0, 0.1) is 0 Å². The van der Waals surface area contributed by atoms with Crippen molar-refractivity contribution in [2.24, 2.45) is 5.73 Å². The zero-order chi connectivity index (χ0) is 14.4. The topological polar surface area (TPSA) is 72.5 Å². The molecule has 0 radical (unpaired) electrons. The van der Waals surface area contributed by atoms with Crippen molar-refractivity contribution in [2.75, 3.05) is 19.0 Å². The van der Waals surface area contributed by atoms with Gasteiger partial charge < -0.3 is 15.6 Å². The van der Waals surface area contributed by atoms with Crippen LogP contribution >= 0.6 is 11.8 Å². The smallest absolute Gasteiger partial charge is 0.411 e. The molecule has 0 aliphatic carbocycles. The lowest BCUT2D eigenvalue weighted by Crippen LogP contribution is -2.46. The summed E-state index contributed by atoms with van der Waals surface area (Å²) in [6, 6.07) is -1.02. The molecule has 108 valence electrons. The summed E-state index contributed by atoms with van der Waals surface area (Å²) in [6.07, 6.45) is -3.89. The number of hydrogen-bond donors (Lipinski definition) is 2. The summed E-state index contributed by atoms with van der Waals surface area (Å²) in [4.78, 5) is 10.7. The second-order valence-electron chi connectivity index (χ2n) is 4.29. The number of carboxylic acid groups (broad SMARTS) is 1. The van der Waals surface area contributed by atoms with Crippen LogP contribution < -0.4 is 5.73 Å². The lowest BCUT2D eigenvalue weighted by atomic mass is 10.1. The zero-order valence-corrected chi connectivity index (χ0v) is 11.1. The number of rotatable bonds is 8. The molecule has 0 amide bonds. The van der Waals surface area contributed by atoms with Gasteiger partial charge in [0, 0.05) is 11.4 Å². The van der Waals surface area contributed by atoms with E-state index in [1.807, 2.05) is 0 Å². The fourth-order valence-electron chi connectivity index (χ4n) is 1.07. The highest BCUT2D eigenvalue weighted by molar-refractivity contribution is 8.00. The van der Waals surface area contributed by atoms with E-state index in [4.69, 9.17) is 10.8 Å². The Morgan fingerprint density at radius 1 is 1.44 bits per heavy atom. The maximum atomic E-state index is 11.7. The summed E-state index contributed by atoms with van der Waals surface area (Å²) in [5.41, 5.74) is 5.49. The molecule has 0 aromatic carbocycles. The van der Waals surface area contributed by atoms with Gasteiger partial charge >= 0.3 is 12.1 Å². The molecule has 0 saturated carbocycles. The van der Waals surface area contributed by atoms with Crippen molar-refractivity contribution in [3.05, 3.63) is 0 Å². The van der Waals surface area contributed by atoms with E-state index in [-0.39, 0.29) is 6.61 Å². The van der Waals surface area contributed by atoms with Gasteiger partial charge in [-0.15, -0.1) is 0 Å². The van der Waals surface area contributed by atoms with E-state index >= 15 is 0 Å². The van der Waals surface area contributed by atoms with Crippen molar-refractivity contribution in [2.45, 2.75) is 37.2 Å². The number of hydrogen-bond acceptors (Lipinski definition) is 4. The second-order valence-corrected chi connectivity index (χ2v) is 6.04. The molecule has 0 aliphatic heterocycles. The molecule has 8 heteroatoms. The minimum absolute atomic E-state index is 0.00903. The number of halogens is 3. The molecule has 18 heavy (non-hydrogen) atoms. The highest BCUT2D eigenvalue weighted by atomic mass is 32.2. The van der Waals surface area contributed by atoms with Crippen LogP contribution in [-0.2, 0) is 9.53 Å². The van der Waals surface area contributed by atoms with Crippen molar-refractivity contribution in [3.63, 3.8) is 0 Å².